The van der Waals surface area contributed by atoms with Gasteiger partial charge in [0, 0.05) is 11.3 Å². The van der Waals surface area contributed by atoms with Crippen LogP contribution in [0.15, 0.2) is 12.2 Å². The summed E-state index contributed by atoms with van der Waals surface area (Å²) in [7, 11) is -10.9. The van der Waals surface area contributed by atoms with E-state index in [2.05, 4.69) is 11.3 Å². The van der Waals surface area contributed by atoms with E-state index in [1.54, 1.807) is 0 Å². The van der Waals surface area contributed by atoms with Crippen molar-refractivity contribution < 1.29 is 90.9 Å². The van der Waals surface area contributed by atoms with Crippen molar-refractivity contribution in [3.05, 3.63) is 16.3 Å². The predicted octanol–water partition coefficient (Wildman–Crippen LogP) is -1.95. The van der Waals surface area contributed by atoms with Gasteiger partial charge in [0.05, 0.1) is 16.6 Å². The number of hydrogen-bond donors (Lipinski definition) is 0. The Bertz CT molecular complexity index is 584. The summed E-state index contributed by atoms with van der Waals surface area (Å²) in [4.78, 5) is 10.9. The Morgan fingerprint density at radius 3 is 2.10 bits per heavy atom. The second kappa shape index (κ2) is 8.95. The van der Waals surface area contributed by atoms with E-state index in [4.69, 9.17) is 0 Å². The van der Waals surface area contributed by atoms with Crippen LogP contribution in [0.2, 0.25) is 0 Å². The Hall–Kier alpha value is 0.496. The SMILES string of the molecule is C=C(C)C(=O)OCCCS(=O)(=O)[N-]S(=O)(=O)C(F)(F)F.[K+]. The summed E-state index contributed by atoms with van der Waals surface area (Å²) in [5.74, 6) is -1.81. The molecule has 0 atom stereocenters. The van der Waals surface area contributed by atoms with Crippen LogP contribution in [0.3, 0.4) is 0 Å². The summed E-state index contributed by atoms with van der Waals surface area (Å²) < 4.78 is 85.3. The van der Waals surface area contributed by atoms with Gasteiger partial charge >= 0.3 is 62.9 Å². The predicted molar refractivity (Wildman–Crippen MR) is 62.5 cm³/mol. The number of sulfonamides is 2. The Morgan fingerprint density at radius 2 is 1.71 bits per heavy atom. The van der Waals surface area contributed by atoms with Crippen LogP contribution in [0.5, 0.6) is 0 Å². The van der Waals surface area contributed by atoms with Crippen molar-refractivity contribution in [2.45, 2.75) is 18.9 Å². The fraction of sp³-hybridized carbons (Fsp3) is 0.625. The number of nitrogens with zero attached hydrogens (tertiary/aromatic N) is 1. The molecule has 21 heavy (non-hydrogen) atoms. The Balaban J connectivity index is 0. The van der Waals surface area contributed by atoms with Crippen LogP contribution in [0.1, 0.15) is 13.3 Å². The van der Waals surface area contributed by atoms with E-state index in [-0.39, 0.29) is 57.0 Å². The second-order valence-electron chi connectivity index (χ2n) is 3.55. The summed E-state index contributed by atoms with van der Waals surface area (Å²) in [6.07, 6.45) is -0.405. The maximum absolute atomic E-state index is 11.9. The zero-order chi connectivity index (χ0) is 16.2. The summed E-state index contributed by atoms with van der Waals surface area (Å²) >= 11 is 0. The molecule has 0 saturated carbocycles. The molecule has 0 fully saturated rings. The van der Waals surface area contributed by atoms with Gasteiger partial charge in [0.1, 0.15) is 0 Å². The minimum Gasteiger partial charge on any atom is -0.462 e. The van der Waals surface area contributed by atoms with Crippen LogP contribution in [-0.2, 0) is 29.6 Å². The quantitative estimate of drug-likeness (QED) is 0.221. The molecule has 0 heterocycles. The molecule has 13 heteroatoms. The van der Waals surface area contributed by atoms with Crippen LogP contribution in [0, 0.1) is 0 Å². The van der Waals surface area contributed by atoms with Crippen molar-refractivity contribution >= 4 is 26.0 Å². The molecular weight excluding hydrogens is 366 g/mol. The minimum atomic E-state index is -6.11. The van der Waals surface area contributed by atoms with Gasteiger partial charge in [0.15, 0.2) is 10.0 Å². The van der Waals surface area contributed by atoms with E-state index in [0.29, 0.717) is 0 Å². The molecule has 0 aromatic carbocycles. The monoisotopic (exact) mass is 377 g/mol. The van der Waals surface area contributed by atoms with E-state index in [1.807, 2.05) is 4.13 Å². The summed E-state index contributed by atoms with van der Waals surface area (Å²) in [6.45, 7) is 4.16. The van der Waals surface area contributed by atoms with Crippen molar-refractivity contribution in [1.82, 2.24) is 0 Å². The van der Waals surface area contributed by atoms with Crippen molar-refractivity contribution in [1.29, 1.82) is 0 Å². The fourth-order valence-electron chi connectivity index (χ4n) is 0.758. The smallest absolute Gasteiger partial charge is 0.462 e. The normalized spacial score (nSPS) is 12.4. The van der Waals surface area contributed by atoms with Gasteiger partial charge in [0.25, 0.3) is 0 Å². The van der Waals surface area contributed by atoms with Crippen LogP contribution < -0.4 is 51.4 Å². The Labute approximate surface area is 162 Å². The molecule has 0 aromatic rings. The van der Waals surface area contributed by atoms with Gasteiger partial charge in [-0.2, -0.15) is 13.2 Å². The minimum absolute atomic E-state index is 0. The summed E-state index contributed by atoms with van der Waals surface area (Å²) in [6, 6.07) is 0. The molecule has 0 aromatic heterocycles. The zero-order valence-corrected chi connectivity index (χ0v) is 15.9. The molecule has 0 radical (unpaired) electrons. The van der Waals surface area contributed by atoms with Crippen LogP contribution in [-0.4, -0.2) is 40.7 Å². The number of rotatable bonds is 7. The van der Waals surface area contributed by atoms with E-state index in [1.165, 1.54) is 6.92 Å². The summed E-state index contributed by atoms with van der Waals surface area (Å²) in [5, 5.41) is 0. The molecular formula is C8H11F3KNO6S2. The average molecular weight is 377 g/mol. The number of alkyl halides is 3. The van der Waals surface area contributed by atoms with Gasteiger partial charge < -0.3 is 8.86 Å². The molecule has 0 spiro atoms. The van der Waals surface area contributed by atoms with E-state index >= 15 is 0 Å². The van der Waals surface area contributed by atoms with Crippen LogP contribution >= 0.6 is 0 Å². The average Bonchev–Trinajstić information content (AvgIpc) is 2.20. The van der Waals surface area contributed by atoms with Crippen molar-refractivity contribution in [2.75, 3.05) is 12.4 Å². The molecule has 118 valence electrons. The molecule has 0 amide bonds. The molecule has 0 rings (SSSR count). The Kier molecular flexibility index (Phi) is 10.1. The fourth-order valence-corrected chi connectivity index (χ4v) is 3.07. The molecule has 0 N–H and O–H groups in total. The first-order valence-electron chi connectivity index (χ1n) is 4.89. The zero-order valence-electron chi connectivity index (χ0n) is 11.2. The third kappa shape index (κ3) is 9.27. The number of halogens is 3. The number of esters is 1. The van der Waals surface area contributed by atoms with Crippen molar-refractivity contribution in [3.8, 4) is 0 Å². The molecule has 7 nitrogen and oxygen atoms in total. The topological polar surface area (TPSA) is 109 Å². The largest absolute Gasteiger partial charge is 1.00 e. The Morgan fingerprint density at radius 1 is 1.24 bits per heavy atom. The van der Waals surface area contributed by atoms with E-state index in [9.17, 15) is 34.8 Å². The van der Waals surface area contributed by atoms with Gasteiger partial charge in [0.2, 0.25) is 0 Å². The number of hydrogen-bond acceptors (Lipinski definition) is 6. The molecule has 0 aliphatic heterocycles. The molecule has 0 bridgehead atoms. The number of carbonyl (C=O) groups is 1. The van der Waals surface area contributed by atoms with Gasteiger partial charge in [-0.3, -0.25) is 0 Å². The first-order valence-corrected chi connectivity index (χ1v) is 7.94. The maximum atomic E-state index is 11.9. The van der Waals surface area contributed by atoms with E-state index in [0.717, 1.165) is 0 Å². The first-order chi connectivity index (χ1) is 8.78. The molecule has 0 aliphatic carbocycles. The van der Waals surface area contributed by atoms with Crippen molar-refractivity contribution in [2.24, 2.45) is 0 Å². The standard InChI is InChI=1S/C8H11F3NO6S2.K/c1-6(2)7(13)18-4-3-5-19(14,15)12-20(16,17)8(9,10)11;/h1,3-5H2,2H3;/q-1;+1. The third-order valence-corrected chi connectivity index (χ3v) is 4.72. The number of carbonyl (C=O) groups excluding carboxylic acids is 1. The summed E-state index contributed by atoms with van der Waals surface area (Å²) in [5.41, 5.74) is -5.73. The van der Waals surface area contributed by atoms with Gasteiger partial charge in [-0.15, -0.1) is 0 Å². The first kappa shape index (κ1) is 23.8. The van der Waals surface area contributed by atoms with Gasteiger partial charge in [-0.1, -0.05) is 6.58 Å². The van der Waals surface area contributed by atoms with Crippen molar-refractivity contribution in [3.63, 3.8) is 0 Å². The third-order valence-electron chi connectivity index (χ3n) is 1.63. The molecule has 0 aliphatic rings. The van der Waals surface area contributed by atoms with Crippen LogP contribution in [0.4, 0.5) is 13.2 Å². The maximum Gasteiger partial charge on any atom is 1.00 e. The van der Waals surface area contributed by atoms with Gasteiger partial charge in [-0.25, -0.2) is 21.6 Å². The molecule has 0 saturated heterocycles. The van der Waals surface area contributed by atoms with Gasteiger partial charge in [-0.05, 0) is 13.3 Å². The molecule has 0 unspecified atom stereocenters. The second-order valence-corrected chi connectivity index (χ2v) is 7.13. The van der Waals surface area contributed by atoms with Crippen LogP contribution in [0.25, 0.3) is 4.13 Å². The number of ether oxygens (including phenoxy) is 1. The van der Waals surface area contributed by atoms with E-state index < -0.39 is 50.3 Å².